The van der Waals surface area contributed by atoms with Crippen molar-refractivity contribution in [2.75, 3.05) is 6.54 Å². The van der Waals surface area contributed by atoms with Gasteiger partial charge in [-0.05, 0) is 0 Å². The normalized spacial score (nSPS) is 40.6. The lowest BCUT2D eigenvalue weighted by Crippen LogP contribution is -2.47. The zero-order valence-corrected chi connectivity index (χ0v) is 6.15. The molecule has 2 aliphatic rings. The third-order valence-corrected chi connectivity index (χ3v) is 3.21. The summed E-state index contributed by atoms with van der Waals surface area (Å²) < 4.78 is 0. The number of amides is 1. The molecule has 0 aromatic heterocycles. The summed E-state index contributed by atoms with van der Waals surface area (Å²) in [7, 11) is 0. The minimum Gasteiger partial charge on any atom is -0.329 e. The van der Waals surface area contributed by atoms with E-state index in [2.05, 4.69) is 6.92 Å². The second kappa shape index (κ2) is 1.66. The molecule has 0 aliphatic carbocycles. The number of rotatable bonds is 0. The molecular weight excluding hydrogens is 134 g/mol. The second-order valence-electron chi connectivity index (χ2n) is 2.65. The Morgan fingerprint density at radius 2 is 2.56 bits per heavy atom. The molecule has 2 aliphatic heterocycles. The zero-order valence-electron chi connectivity index (χ0n) is 5.33. The van der Waals surface area contributed by atoms with Crippen LogP contribution in [0.2, 0.25) is 0 Å². The van der Waals surface area contributed by atoms with Crippen LogP contribution in [0.4, 0.5) is 0 Å². The Labute approximate surface area is 58.6 Å². The second-order valence-corrected chi connectivity index (χ2v) is 4.27. The summed E-state index contributed by atoms with van der Waals surface area (Å²) in [5.74, 6) is 0.344. The van der Waals surface area contributed by atoms with Crippen LogP contribution in [-0.4, -0.2) is 28.0 Å². The average molecular weight is 143 g/mol. The maximum Gasteiger partial charge on any atom is 0.226 e. The first kappa shape index (κ1) is 5.59. The molecule has 2 atom stereocenters. The number of nitrogens with zero attached hydrogens (tertiary/aromatic N) is 1. The number of carbonyl (C=O) groups is 1. The van der Waals surface area contributed by atoms with Gasteiger partial charge in [0.2, 0.25) is 5.91 Å². The molecule has 0 aromatic rings. The fourth-order valence-corrected chi connectivity index (χ4v) is 2.73. The van der Waals surface area contributed by atoms with Crippen LogP contribution in [0.1, 0.15) is 13.3 Å². The van der Waals surface area contributed by atoms with Crippen molar-refractivity contribution < 1.29 is 4.79 Å². The first-order valence-electron chi connectivity index (χ1n) is 3.22. The quantitative estimate of drug-likeness (QED) is 0.465. The van der Waals surface area contributed by atoms with Gasteiger partial charge in [0.1, 0.15) is 0 Å². The minimum atomic E-state index is 0.344. The smallest absolute Gasteiger partial charge is 0.226 e. The van der Waals surface area contributed by atoms with E-state index in [-0.39, 0.29) is 0 Å². The molecule has 2 nitrogen and oxygen atoms in total. The van der Waals surface area contributed by atoms with E-state index < -0.39 is 0 Å². The molecule has 0 saturated carbocycles. The van der Waals surface area contributed by atoms with E-state index in [1.165, 1.54) is 0 Å². The van der Waals surface area contributed by atoms with Crippen LogP contribution in [0.25, 0.3) is 0 Å². The molecule has 0 unspecified atom stereocenters. The first-order valence-corrected chi connectivity index (χ1v) is 4.16. The van der Waals surface area contributed by atoms with Gasteiger partial charge in [0.25, 0.3) is 0 Å². The predicted molar refractivity (Wildman–Crippen MR) is 37.2 cm³/mol. The van der Waals surface area contributed by atoms with Gasteiger partial charge in [-0.25, -0.2) is 0 Å². The van der Waals surface area contributed by atoms with Crippen molar-refractivity contribution in [1.29, 1.82) is 0 Å². The Balaban J connectivity index is 2.08. The van der Waals surface area contributed by atoms with E-state index in [9.17, 15) is 4.79 Å². The van der Waals surface area contributed by atoms with Crippen molar-refractivity contribution in [3.05, 3.63) is 0 Å². The minimum absolute atomic E-state index is 0.344. The number of carbonyl (C=O) groups excluding carboxylic acids is 1. The summed E-state index contributed by atoms with van der Waals surface area (Å²) in [5, 5.41) is 1.22. The summed E-state index contributed by atoms with van der Waals surface area (Å²) in [6, 6.07) is 0. The number of β-lactam (4-membered cyclic amide) rings is 1. The van der Waals surface area contributed by atoms with Crippen LogP contribution >= 0.6 is 11.8 Å². The largest absolute Gasteiger partial charge is 0.329 e. The van der Waals surface area contributed by atoms with Crippen LogP contribution in [0.15, 0.2) is 0 Å². The van der Waals surface area contributed by atoms with E-state index in [1.807, 2.05) is 16.7 Å². The van der Waals surface area contributed by atoms with Crippen molar-refractivity contribution in [2.24, 2.45) is 0 Å². The van der Waals surface area contributed by atoms with Gasteiger partial charge in [0.15, 0.2) is 0 Å². The average Bonchev–Trinajstić information content (AvgIpc) is 2.08. The van der Waals surface area contributed by atoms with Gasteiger partial charge in [0, 0.05) is 11.8 Å². The van der Waals surface area contributed by atoms with E-state index in [0.717, 1.165) is 13.0 Å². The third kappa shape index (κ3) is 0.674. The molecule has 1 amide bonds. The Kier molecular flexibility index (Phi) is 1.03. The maximum atomic E-state index is 10.8. The molecule has 2 rings (SSSR count). The van der Waals surface area contributed by atoms with Crippen molar-refractivity contribution in [3.8, 4) is 0 Å². The standard InChI is InChI=1S/C6H9NOS/c1-4-3-7-5(8)2-6(7)9-4/h4,6H,2-3H2,1H3/t4-,6-/m1/s1. The Morgan fingerprint density at radius 1 is 1.78 bits per heavy atom. The molecular formula is C6H9NOS. The van der Waals surface area contributed by atoms with Crippen molar-refractivity contribution in [3.63, 3.8) is 0 Å². The molecule has 2 fully saturated rings. The number of hydrogen-bond donors (Lipinski definition) is 0. The first-order chi connectivity index (χ1) is 4.27. The van der Waals surface area contributed by atoms with E-state index in [0.29, 0.717) is 16.5 Å². The Bertz CT molecular complexity index is 159. The molecule has 0 N–H and O–H groups in total. The fraction of sp³-hybridized carbons (Fsp3) is 0.833. The molecule has 0 aromatic carbocycles. The Morgan fingerprint density at radius 3 is 3.00 bits per heavy atom. The molecule has 0 spiro atoms. The SMILES string of the molecule is C[C@@H]1CN2C(=O)C[C@H]2S1. The highest BCUT2D eigenvalue weighted by Crippen LogP contribution is 2.39. The van der Waals surface area contributed by atoms with Gasteiger partial charge >= 0.3 is 0 Å². The zero-order chi connectivity index (χ0) is 6.43. The van der Waals surface area contributed by atoms with Crippen molar-refractivity contribution >= 4 is 17.7 Å². The summed E-state index contributed by atoms with van der Waals surface area (Å²) in [6.07, 6.45) is 0.787. The number of hydrogen-bond acceptors (Lipinski definition) is 2. The van der Waals surface area contributed by atoms with E-state index in [4.69, 9.17) is 0 Å². The molecule has 2 heterocycles. The number of thioether (sulfide) groups is 1. The molecule has 0 bridgehead atoms. The maximum absolute atomic E-state index is 10.8. The molecule has 2 saturated heterocycles. The summed E-state index contributed by atoms with van der Waals surface area (Å²) >= 11 is 1.92. The lowest BCUT2D eigenvalue weighted by atomic mass is 10.2. The molecule has 9 heavy (non-hydrogen) atoms. The van der Waals surface area contributed by atoms with Crippen LogP contribution in [0.5, 0.6) is 0 Å². The molecule has 0 radical (unpaired) electrons. The summed E-state index contributed by atoms with van der Waals surface area (Å²) in [4.78, 5) is 12.7. The van der Waals surface area contributed by atoms with Gasteiger partial charge in [-0.1, -0.05) is 6.92 Å². The van der Waals surface area contributed by atoms with Gasteiger partial charge in [-0.3, -0.25) is 4.79 Å². The van der Waals surface area contributed by atoms with Crippen LogP contribution in [0.3, 0.4) is 0 Å². The topological polar surface area (TPSA) is 20.3 Å². The fourth-order valence-electron chi connectivity index (χ4n) is 1.35. The highest BCUT2D eigenvalue weighted by atomic mass is 32.2. The van der Waals surface area contributed by atoms with Crippen molar-refractivity contribution in [2.45, 2.75) is 24.0 Å². The summed E-state index contributed by atoms with van der Waals surface area (Å²) in [5.41, 5.74) is 0. The van der Waals surface area contributed by atoms with E-state index >= 15 is 0 Å². The predicted octanol–water partition coefficient (Wildman–Crippen LogP) is 0.680. The van der Waals surface area contributed by atoms with Gasteiger partial charge in [-0.2, -0.15) is 0 Å². The highest BCUT2D eigenvalue weighted by molar-refractivity contribution is 8.00. The third-order valence-electron chi connectivity index (χ3n) is 1.86. The lowest BCUT2D eigenvalue weighted by Gasteiger charge is -2.32. The Hall–Kier alpha value is -0.180. The van der Waals surface area contributed by atoms with Gasteiger partial charge < -0.3 is 4.90 Å². The van der Waals surface area contributed by atoms with Gasteiger partial charge in [-0.15, -0.1) is 11.8 Å². The van der Waals surface area contributed by atoms with Crippen molar-refractivity contribution in [1.82, 2.24) is 4.90 Å². The van der Waals surface area contributed by atoms with E-state index in [1.54, 1.807) is 0 Å². The van der Waals surface area contributed by atoms with Crippen LogP contribution in [-0.2, 0) is 4.79 Å². The monoisotopic (exact) mass is 143 g/mol. The highest BCUT2D eigenvalue weighted by Gasteiger charge is 2.42. The van der Waals surface area contributed by atoms with Crippen LogP contribution < -0.4 is 0 Å². The molecule has 3 heteroatoms. The lowest BCUT2D eigenvalue weighted by molar-refractivity contribution is -0.140. The number of fused-ring (bicyclic) bond motifs is 1. The molecule has 50 valence electrons. The van der Waals surface area contributed by atoms with Gasteiger partial charge in [0.05, 0.1) is 11.8 Å². The summed E-state index contributed by atoms with van der Waals surface area (Å²) in [6.45, 7) is 3.16. The van der Waals surface area contributed by atoms with Crippen LogP contribution in [0, 0.1) is 0 Å².